The van der Waals surface area contributed by atoms with E-state index in [4.69, 9.17) is 0 Å². The molecule has 0 aliphatic heterocycles. The number of ketones is 1. The van der Waals surface area contributed by atoms with Crippen molar-refractivity contribution in [2.24, 2.45) is 0 Å². The van der Waals surface area contributed by atoms with Gasteiger partial charge in [0.1, 0.15) is 0 Å². The van der Waals surface area contributed by atoms with E-state index >= 15 is 0 Å². The molecule has 1 saturated carbocycles. The Bertz CT molecular complexity index is 394. The predicted octanol–water partition coefficient (Wildman–Crippen LogP) is 2.46. The highest BCUT2D eigenvalue weighted by atomic mass is 16.1. The zero-order valence-corrected chi connectivity index (χ0v) is 11.4. The van der Waals surface area contributed by atoms with Crippen molar-refractivity contribution in [2.75, 3.05) is 14.1 Å². The molecule has 0 spiro atoms. The zero-order valence-electron chi connectivity index (χ0n) is 11.4. The van der Waals surface area contributed by atoms with Crippen LogP contribution in [0, 0.1) is 0 Å². The van der Waals surface area contributed by atoms with Crippen molar-refractivity contribution in [2.45, 2.75) is 44.1 Å². The molecule has 0 unspecified atom stereocenters. The van der Waals surface area contributed by atoms with Crippen LogP contribution in [-0.2, 0) is 11.2 Å². The summed E-state index contributed by atoms with van der Waals surface area (Å²) >= 11 is 0. The number of nitrogens with zero attached hydrogens (tertiary/aromatic N) is 2. The third kappa shape index (κ3) is 2.61. The van der Waals surface area contributed by atoms with Gasteiger partial charge in [-0.15, -0.1) is 0 Å². The summed E-state index contributed by atoms with van der Waals surface area (Å²) in [7, 11) is 4.07. The van der Waals surface area contributed by atoms with Crippen LogP contribution >= 0.6 is 0 Å². The lowest BCUT2D eigenvalue weighted by atomic mass is 9.76. The van der Waals surface area contributed by atoms with E-state index in [1.165, 1.54) is 6.42 Å². The Morgan fingerprint density at radius 3 is 2.61 bits per heavy atom. The maximum absolute atomic E-state index is 12.7. The zero-order chi connectivity index (χ0) is 13.0. The molecule has 3 heteroatoms. The van der Waals surface area contributed by atoms with Gasteiger partial charge < -0.3 is 0 Å². The van der Waals surface area contributed by atoms with Gasteiger partial charge in [-0.2, -0.15) is 0 Å². The van der Waals surface area contributed by atoms with Crippen molar-refractivity contribution in [3.8, 4) is 0 Å². The Labute approximate surface area is 109 Å². The van der Waals surface area contributed by atoms with Gasteiger partial charge >= 0.3 is 0 Å². The largest absolute Gasteiger partial charge is 0.297 e. The maximum Gasteiger partial charge on any atom is 0.157 e. The molecule has 0 radical (unpaired) electrons. The highest BCUT2D eigenvalue weighted by molar-refractivity contribution is 5.90. The van der Waals surface area contributed by atoms with Gasteiger partial charge in [-0.05, 0) is 38.6 Å². The lowest BCUT2D eigenvalue weighted by Gasteiger charge is -2.41. The van der Waals surface area contributed by atoms with E-state index in [9.17, 15) is 4.79 Å². The third-order valence-corrected chi connectivity index (χ3v) is 4.14. The minimum Gasteiger partial charge on any atom is -0.297 e. The second kappa shape index (κ2) is 5.61. The molecule has 98 valence electrons. The number of rotatable bonds is 4. The number of carbonyl (C=O) groups is 1. The number of Topliss-reactive ketones (excluding diaryl/α,β-unsaturated/α-hetero) is 1. The smallest absolute Gasteiger partial charge is 0.157 e. The summed E-state index contributed by atoms with van der Waals surface area (Å²) in [6.45, 7) is 0. The highest BCUT2D eigenvalue weighted by Gasteiger charge is 2.40. The molecule has 2 rings (SSSR count). The Morgan fingerprint density at radius 1 is 1.33 bits per heavy atom. The first-order valence-corrected chi connectivity index (χ1v) is 6.75. The third-order valence-electron chi connectivity index (χ3n) is 4.14. The number of hydrogen-bond acceptors (Lipinski definition) is 3. The maximum atomic E-state index is 12.7. The highest BCUT2D eigenvalue weighted by Crippen LogP contribution is 2.33. The standard InChI is InChI=1S/C15H22N2O/c1-17(2)15(8-4-3-5-9-15)14(18)11-13-7-6-10-16-12-13/h6-7,10,12H,3-5,8-9,11H2,1-2H3. The Kier molecular flexibility index (Phi) is 4.12. The number of aromatic nitrogens is 1. The normalized spacial score (nSPS) is 18.8. The van der Waals surface area contributed by atoms with Crippen molar-refractivity contribution >= 4 is 5.78 Å². The fourth-order valence-corrected chi connectivity index (χ4v) is 2.96. The number of likely N-dealkylation sites (N-methyl/N-ethyl adjacent to an activating group) is 1. The van der Waals surface area contributed by atoms with Crippen molar-refractivity contribution in [3.05, 3.63) is 30.1 Å². The fourth-order valence-electron chi connectivity index (χ4n) is 2.96. The fraction of sp³-hybridized carbons (Fsp3) is 0.600. The van der Waals surface area contributed by atoms with Crippen LogP contribution < -0.4 is 0 Å². The number of hydrogen-bond donors (Lipinski definition) is 0. The summed E-state index contributed by atoms with van der Waals surface area (Å²) in [6.07, 6.45) is 9.63. The lowest BCUT2D eigenvalue weighted by Crippen LogP contribution is -2.53. The van der Waals surface area contributed by atoms with Gasteiger partial charge in [-0.25, -0.2) is 0 Å². The van der Waals surface area contributed by atoms with E-state index in [1.54, 1.807) is 12.4 Å². The van der Waals surface area contributed by atoms with Crippen molar-refractivity contribution in [1.82, 2.24) is 9.88 Å². The second-order valence-corrected chi connectivity index (χ2v) is 5.45. The summed E-state index contributed by atoms with van der Waals surface area (Å²) in [5.74, 6) is 0.347. The molecule has 0 amide bonds. The summed E-state index contributed by atoms with van der Waals surface area (Å²) in [6, 6.07) is 3.88. The number of pyridine rings is 1. The summed E-state index contributed by atoms with van der Waals surface area (Å²) in [5.41, 5.74) is 0.781. The molecule has 1 aliphatic rings. The Balaban J connectivity index is 2.14. The summed E-state index contributed by atoms with van der Waals surface area (Å²) in [4.78, 5) is 18.9. The second-order valence-electron chi connectivity index (χ2n) is 5.45. The Hall–Kier alpha value is -1.22. The van der Waals surface area contributed by atoms with Crippen LogP contribution in [0.15, 0.2) is 24.5 Å². The van der Waals surface area contributed by atoms with Crippen LogP contribution in [0.5, 0.6) is 0 Å². The van der Waals surface area contributed by atoms with Crippen LogP contribution in [0.2, 0.25) is 0 Å². The molecule has 0 atom stereocenters. The molecule has 1 aromatic heterocycles. The van der Waals surface area contributed by atoms with E-state index in [1.807, 2.05) is 26.2 Å². The van der Waals surface area contributed by atoms with Gasteiger partial charge in [0.25, 0.3) is 0 Å². The van der Waals surface area contributed by atoms with Crippen LogP contribution in [0.1, 0.15) is 37.7 Å². The molecule has 1 fully saturated rings. The van der Waals surface area contributed by atoms with Gasteiger partial charge in [0.2, 0.25) is 0 Å². The summed E-state index contributed by atoms with van der Waals surface area (Å²) in [5, 5.41) is 0. The van der Waals surface area contributed by atoms with E-state index in [0.29, 0.717) is 12.2 Å². The van der Waals surface area contributed by atoms with Crippen molar-refractivity contribution in [1.29, 1.82) is 0 Å². The molecular weight excluding hydrogens is 224 g/mol. The monoisotopic (exact) mass is 246 g/mol. The van der Waals surface area contributed by atoms with Crippen LogP contribution in [-0.4, -0.2) is 35.3 Å². The molecule has 18 heavy (non-hydrogen) atoms. The van der Waals surface area contributed by atoms with Gasteiger partial charge in [-0.3, -0.25) is 14.7 Å². The van der Waals surface area contributed by atoms with Gasteiger partial charge in [0.15, 0.2) is 5.78 Å². The quantitative estimate of drug-likeness (QED) is 0.818. The molecule has 1 aromatic rings. The molecule has 0 bridgehead atoms. The van der Waals surface area contributed by atoms with E-state index in [0.717, 1.165) is 31.2 Å². The lowest BCUT2D eigenvalue weighted by molar-refractivity contribution is -0.131. The average Bonchev–Trinajstić information content (AvgIpc) is 2.40. The molecule has 1 aliphatic carbocycles. The van der Waals surface area contributed by atoms with Crippen molar-refractivity contribution in [3.63, 3.8) is 0 Å². The molecule has 0 aromatic carbocycles. The SMILES string of the molecule is CN(C)C1(C(=O)Cc2cccnc2)CCCCC1. The molecular formula is C15H22N2O. The van der Waals surface area contributed by atoms with E-state index < -0.39 is 0 Å². The van der Waals surface area contributed by atoms with Crippen LogP contribution in [0.3, 0.4) is 0 Å². The first-order chi connectivity index (χ1) is 8.65. The minimum atomic E-state index is -0.242. The summed E-state index contributed by atoms with van der Waals surface area (Å²) < 4.78 is 0. The first-order valence-electron chi connectivity index (χ1n) is 6.75. The van der Waals surface area contributed by atoms with Crippen molar-refractivity contribution < 1.29 is 4.79 Å². The molecule has 0 N–H and O–H groups in total. The molecule has 1 heterocycles. The molecule has 0 saturated heterocycles. The Morgan fingerprint density at radius 2 is 2.06 bits per heavy atom. The molecule has 3 nitrogen and oxygen atoms in total. The topological polar surface area (TPSA) is 33.2 Å². The van der Waals surface area contributed by atoms with Gasteiger partial charge in [0.05, 0.1) is 5.54 Å². The average molecular weight is 246 g/mol. The van der Waals surface area contributed by atoms with Gasteiger partial charge in [0, 0.05) is 18.8 Å². The predicted molar refractivity (Wildman–Crippen MR) is 72.5 cm³/mol. The van der Waals surface area contributed by atoms with E-state index in [-0.39, 0.29) is 5.54 Å². The van der Waals surface area contributed by atoms with Crippen LogP contribution in [0.25, 0.3) is 0 Å². The minimum absolute atomic E-state index is 0.242. The van der Waals surface area contributed by atoms with Gasteiger partial charge in [-0.1, -0.05) is 25.3 Å². The number of carbonyl (C=O) groups excluding carboxylic acids is 1. The van der Waals surface area contributed by atoms with E-state index in [2.05, 4.69) is 9.88 Å². The first kappa shape index (κ1) is 13.2. The van der Waals surface area contributed by atoms with Crippen LogP contribution in [0.4, 0.5) is 0 Å².